The first-order valence-electron chi connectivity index (χ1n) is 5.94. The molecule has 0 saturated carbocycles. The van der Waals surface area contributed by atoms with Crippen molar-refractivity contribution in [3.63, 3.8) is 0 Å². The monoisotopic (exact) mass is 255 g/mol. The van der Waals surface area contributed by atoms with E-state index in [9.17, 15) is 9.18 Å². The largest absolute Gasteiger partial charge is 0.484 e. The van der Waals surface area contributed by atoms with Gasteiger partial charge in [-0.15, -0.1) is 0 Å². The van der Waals surface area contributed by atoms with Crippen LogP contribution in [-0.4, -0.2) is 30.3 Å². The number of amides is 1. The second-order valence-corrected chi connectivity index (χ2v) is 3.93. The summed E-state index contributed by atoms with van der Waals surface area (Å²) in [6.45, 7) is 1.85. The first-order chi connectivity index (χ1) is 8.65. The Kier molecular flexibility index (Phi) is 6.14. The van der Waals surface area contributed by atoms with E-state index in [2.05, 4.69) is 5.32 Å². The molecule has 0 bridgehead atoms. The third kappa shape index (κ3) is 5.14. The van der Waals surface area contributed by atoms with Crippen molar-refractivity contribution < 1.29 is 19.0 Å². The van der Waals surface area contributed by atoms with Crippen LogP contribution in [0.25, 0.3) is 0 Å². The Morgan fingerprint density at radius 2 is 2.11 bits per heavy atom. The van der Waals surface area contributed by atoms with Gasteiger partial charge in [-0.25, -0.2) is 4.39 Å². The molecule has 1 amide bonds. The molecule has 0 spiro atoms. The van der Waals surface area contributed by atoms with E-state index in [1.807, 2.05) is 6.92 Å². The van der Waals surface area contributed by atoms with Crippen LogP contribution < -0.4 is 10.1 Å². The Morgan fingerprint density at radius 1 is 1.44 bits per heavy atom. The number of hydrogen-bond donors (Lipinski definition) is 2. The van der Waals surface area contributed by atoms with Crippen molar-refractivity contribution in [2.75, 3.05) is 13.2 Å². The highest BCUT2D eigenvalue weighted by Crippen LogP contribution is 2.10. The highest BCUT2D eigenvalue weighted by atomic mass is 19.1. The molecule has 5 heteroatoms. The number of hydrogen-bond acceptors (Lipinski definition) is 3. The average Bonchev–Trinajstić information content (AvgIpc) is 2.37. The van der Waals surface area contributed by atoms with E-state index in [0.29, 0.717) is 12.2 Å². The number of ether oxygens (including phenoxy) is 1. The van der Waals surface area contributed by atoms with Gasteiger partial charge in [-0.1, -0.05) is 6.92 Å². The molecule has 0 aliphatic carbocycles. The van der Waals surface area contributed by atoms with Gasteiger partial charge in [0.25, 0.3) is 5.91 Å². The van der Waals surface area contributed by atoms with Gasteiger partial charge in [-0.2, -0.15) is 0 Å². The zero-order chi connectivity index (χ0) is 13.4. The third-order valence-corrected chi connectivity index (χ3v) is 2.52. The summed E-state index contributed by atoms with van der Waals surface area (Å²) in [6, 6.07) is 5.43. The first-order valence-corrected chi connectivity index (χ1v) is 5.94. The summed E-state index contributed by atoms with van der Waals surface area (Å²) < 4.78 is 17.8. The number of carbonyl (C=O) groups excluding carboxylic acids is 1. The fourth-order valence-corrected chi connectivity index (χ4v) is 1.48. The number of benzene rings is 1. The molecule has 100 valence electrons. The molecular formula is C13H18FNO3. The predicted octanol–water partition coefficient (Wildman–Crippen LogP) is 1.48. The minimum Gasteiger partial charge on any atom is -0.484 e. The minimum atomic E-state index is -0.346. The molecule has 0 aliphatic heterocycles. The van der Waals surface area contributed by atoms with Crippen LogP contribution in [0.1, 0.15) is 19.8 Å². The molecule has 0 heterocycles. The van der Waals surface area contributed by atoms with Crippen LogP contribution in [0.5, 0.6) is 5.75 Å². The number of nitrogens with one attached hydrogen (secondary N) is 1. The van der Waals surface area contributed by atoms with Gasteiger partial charge < -0.3 is 15.2 Å². The van der Waals surface area contributed by atoms with Crippen LogP contribution in [-0.2, 0) is 4.79 Å². The molecule has 2 N–H and O–H groups in total. The van der Waals surface area contributed by atoms with E-state index in [-0.39, 0.29) is 31.0 Å². The summed E-state index contributed by atoms with van der Waals surface area (Å²) >= 11 is 0. The molecular weight excluding hydrogens is 237 g/mol. The molecule has 0 radical (unpaired) electrons. The van der Waals surface area contributed by atoms with E-state index in [4.69, 9.17) is 9.84 Å². The maximum absolute atomic E-state index is 12.6. The van der Waals surface area contributed by atoms with Crippen LogP contribution >= 0.6 is 0 Å². The van der Waals surface area contributed by atoms with Gasteiger partial charge in [-0.3, -0.25) is 4.79 Å². The van der Waals surface area contributed by atoms with Crippen LogP contribution in [0, 0.1) is 5.82 Å². The lowest BCUT2D eigenvalue weighted by Crippen LogP contribution is -2.38. The van der Waals surface area contributed by atoms with Gasteiger partial charge >= 0.3 is 0 Å². The van der Waals surface area contributed by atoms with Crippen molar-refractivity contribution >= 4 is 5.91 Å². The Morgan fingerprint density at radius 3 is 2.67 bits per heavy atom. The zero-order valence-electron chi connectivity index (χ0n) is 10.4. The lowest BCUT2D eigenvalue weighted by Gasteiger charge is -2.15. The van der Waals surface area contributed by atoms with Gasteiger partial charge in [0.05, 0.1) is 0 Å². The molecule has 1 atom stereocenters. The van der Waals surface area contributed by atoms with Crippen molar-refractivity contribution in [3.05, 3.63) is 30.1 Å². The first kappa shape index (κ1) is 14.4. The second kappa shape index (κ2) is 7.66. The molecule has 0 saturated heterocycles. The van der Waals surface area contributed by atoms with Gasteiger partial charge in [0.2, 0.25) is 0 Å². The smallest absolute Gasteiger partial charge is 0.258 e. The normalized spacial score (nSPS) is 11.9. The Bertz CT molecular complexity index is 367. The average molecular weight is 255 g/mol. The molecule has 0 aromatic heterocycles. The van der Waals surface area contributed by atoms with Crippen molar-refractivity contribution in [1.82, 2.24) is 5.32 Å². The summed E-state index contributed by atoms with van der Waals surface area (Å²) in [4.78, 5) is 11.5. The summed E-state index contributed by atoms with van der Waals surface area (Å²) in [6.07, 6.45) is 1.28. The molecule has 18 heavy (non-hydrogen) atoms. The van der Waals surface area contributed by atoms with Crippen LogP contribution in [0.3, 0.4) is 0 Å². The molecule has 1 aromatic rings. The van der Waals surface area contributed by atoms with Crippen molar-refractivity contribution in [1.29, 1.82) is 0 Å². The molecule has 1 unspecified atom stereocenters. The van der Waals surface area contributed by atoms with Crippen molar-refractivity contribution in [2.24, 2.45) is 0 Å². The molecule has 1 rings (SSSR count). The third-order valence-electron chi connectivity index (χ3n) is 2.52. The molecule has 0 aliphatic rings. The number of carbonyl (C=O) groups is 1. The summed E-state index contributed by atoms with van der Waals surface area (Å²) in [5, 5.41) is 11.5. The Labute approximate surface area is 106 Å². The SMILES string of the molecule is CCC(CCO)NC(=O)COc1ccc(F)cc1. The zero-order valence-corrected chi connectivity index (χ0v) is 10.4. The highest BCUT2D eigenvalue weighted by molar-refractivity contribution is 5.77. The van der Waals surface area contributed by atoms with Gasteiger partial charge in [0, 0.05) is 12.6 Å². The van der Waals surface area contributed by atoms with Crippen LogP contribution in [0.4, 0.5) is 4.39 Å². The fraction of sp³-hybridized carbons (Fsp3) is 0.462. The van der Waals surface area contributed by atoms with Gasteiger partial charge in [0.1, 0.15) is 11.6 Å². The molecule has 4 nitrogen and oxygen atoms in total. The maximum atomic E-state index is 12.6. The van der Waals surface area contributed by atoms with Gasteiger partial charge in [0.15, 0.2) is 6.61 Å². The van der Waals surface area contributed by atoms with E-state index in [1.165, 1.54) is 24.3 Å². The van der Waals surface area contributed by atoms with Crippen molar-refractivity contribution in [2.45, 2.75) is 25.8 Å². The number of aliphatic hydroxyl groups is 1. The van der Waals surface area contributed by atoms with Crippen LogP contribution in [0.2, 0.25) is 0 Å². The molecule has 1 aromatic carbocycles. The number of rotatable bonds is 7. The highest BCUT2D eigenvalue weighted by Gasteiger charge is 2.10. The van der Waals surface area contributed by atoms with E-state index >= 15 is 0 Å². The van der Waals surface area contributed by atoms with E-state index in [1.54, 1.807) is 0 Å². The lowest BCUT2D eigenvalue weighted by molar-refractivity contribution is -0.123. The summed E-state index contributed by atoms with van der Waals surface area (Å²) in [5.41, 5.74) is 0. The number of halogens is 1. The predicted molar refractivity (Wildman–Crippen MR) is 65.8 cm³/mol. The quantitative estimate of drug-likeness (QED) is 0.776. The standard InChI is InChI=1S/C13H18FNO3/c1-2-11(7-8-16)15-13(17)9-18-12-5-3-10(14)4-6-12/h3-6,11,16H,2,7-9H2,1H3,(H,15,17). The summed E-state index contributed by atoms with van der Waals surface area (Å²) in [7, 11) is 0. The second-order valence-electron chi connectivity index (χ2n) is 3.93. The lowest BCUT2D eigenvalue weighted by atomic mass is 10.1. The Hall–Kier alpha value is -1.62. The summed E-state index contributed by atoms with van der Waals surface area (Å²) in [5.74, 6) is -0.151. The molecule has 0 fully saturated rings. The Balaban J connectivity index is 2.34. The van der Waals surface area contributed by atoms with Crippen molar-refractivity contribution in [3.8, 4) is 5.75 Å². The topological polar surface area (TPSA) is 58.6 Å². The van der Waals surface area contributed by atoms with E-state index < -0.39 is 0 Å². The maximum Gasteiger partial charge on any atom is 0.258 e. The number of aliphatic hydroxyl groups excluding tert-OH is 1. The van der Waals surface area contributed by atoms with Crippen LogP contribution in [0.15, 0.2) is 24.3 Å². The van der Waals surface area contributed by atoms with E-state index in [0.717, 1.165) is 6.42 Å². The minimum absolute atomic E-state index is 0.0393. The van der Waals surface area contributed by atoms with Gasteiger partial charge in [-0.05, 0) is 37.1 Å². The fourth-order valence-electron chi connectivity index (χ4n) is 1.48.